The third-order valence-corrected chi connectivity index (χ3v) is 6.04. The average Bonchev–Trinajstić information content (AvgIpc) is 3.21. The maximum Gasteiger partial charge on any atom is 0.191 e. The van der Waals surface area contributed by atoms with E-state index in [2.05, 4.69) is 56.9 Å². The van der Waals surface area contributed by atoms with Crippen LogP contribution >= 0.6 is 0 Å². The number of nitrogens with zero attached hydrogens (tertiary/aromatic N) is 4. The Labute approximate surface area is 161 Å². The van der Waals surface area contributed by atoms with Gasteiger partial charge in [-0.25, -0.2) is 4.68 Å². The normalized spacial score (nSPS) is 26.0. The number of fused-ring (bicyclic) bond motifs is 2. The maximum atomic E-state index is 4.45. The quantitative estimate of drug-likeness (QED) is 0.645. The van der Waals surface area contributed by atoms with Gasteiger partial charge in [-0.1, -0.05) is 18.6 Å². The summed E-state index contributed by atoms with van der Waals surface area (Å²) in [6.45, 7) is 0.744. The van der Waals surface area contributed by atoms with Gasteiger partial charge in [0, 0.05) is 44.1 Å². The number of benzene rings is 1. The first-order valence-electron chi connectivity index (χ1n) is 10.0. The molecule has 2 saturated heterocycles. The maximum absolute atomic E-state index is 4.45. The predicted octanol–water partition coefficient (Wildman–Crippen LogP) is 2.55. The number of nitrogens with one attached hydrogen (secondary N) is 2. The van der Waals surface area contributed by atoms with Crippen LogP contribution in [0.2, 0.25) is 0 Å². The molecule has 2 aromatic rings. The minimum atomic E-state index is 0.512. The summed E-state index contributed by atoms with van der Waals surface area (Å²) >= 11 is 0. The van der Waals surface area contributed by atoms with Crippen LogP contribution in [0, 0.1) is 0 Å². The van der Waals surface area contributed by atoms with Gasteiger partial charge < -0.3 is 15.5 Å². The Kier molecular flexibility index (Phi) is 5.43. The lowest BCUT2D eigenvalue weighted by atomic mass is 9.82. The van der Waals surface area contributed by atoms with E-state index in [-0.39, 0.29) is 0 Å². The van der Waals surface area contributed by atoms with Crippen LogP contribution in [0.15, 0.2) is 47.7 Å². The van der Waals surface area contributed by atoms with E-state index >= 15 is 0 Å². The van der Waals surface area contributed by atoms with Gasteiger partial charge in [0.25, 0.3) is 0 Å². The van der Waals surface area contributed by atoms with Gasteiger partial charge in [-0.15, -0.1) is 0 Å². The molecule has 0 spiro atoms. The predicted molar refractivity (Wildman–Crippen MR) is 109 cm³/mol. The molecule has 0 amide bonds. The molecule has 6 heteroatoms. The molecule has 2 atom stereocenters. The highest BCUT2D eigenvalue weighted by Crippen LogP contribution is 2.32. The molecule has 0 radical (unpaired) electrons. The van der Waals surface area contributed by atoms with E-state index in [1.54, 1.807) is 6.20 Å². The molecule has 144 valence electrons. The Balaban J connectivity index is 1.34. The number of rotatable bonds is 4. The highest BCUT2D eigenvalue weighted by molar-refractivity contribution is 5.80. The topological polar surface area (TPSA) is 57.5 Å². The second-order valence-electron chi connectivity index (χ2n) is 7.76. The molecule has 4 rings (SSSR count). The number of hydrogen-bond acceptors (Lipinski definition) is 3. The lowest BCUT2D eigenvalue weighted by molar-refractivity contribution is 0.0526. The van der Waals surface area contributed by atoms with E-state index in [4.69, 9.17) is 0 Å². The molecule has 2 aliphatic rings. The fourth-order valence-electron chi connectivity index (χ4n) is 4.54. The van der Waals surface area contributed by atoms with E-state index in [9.17, 15) is 0 Å². The molecule has 1 aromatic carbocycles. The van der Waals surface area contributed by atoms with Crippen LogP contribution in [0.1, 0.15) is 37.7 Å². The molecule has 2 fully saturated rings. The van der Waals surface area contributed by atoms with Crippen molar-refractivity contribution in [3.63, 3.8) is 0 Å². The number of piperidine rings is 2. The van der Waals surface area contributed by atoms with E-state index in [1.807, 2.05) is 24.0 Å². The van der Waals surface area contributed by atoms with Crippen molar-refractivity contribution >= 4 is 5.96 Å². The summed E-state index contributed by atoms with van der Waals surface area (Å²) in [4.78, 5) is 7.04. The molecule has 2 unspecified atom stereocenters. The molecular formula is C21H30N6. The van der Waals surface area contributed by atoms with E-state index < -0.39 is 0 Å². The molecule has 6 nitrogen and oxygen atoms in total. The van der Waals surface area contributed by atoms with Crippen molar-refractivity contribution in [3.05, 3.63) is 48.3 Å². The summed E-state index contributed by atoms with van der Waals surface area (Å²) in [5, 5.41) is 11.4. The summed E-state index contributed by atoms with van der Waals surface area (Å²) in [5.41, 5.74) is 2.29. The Bertz CT molecular complexity index is 755. The minimum absolute atomic E-state index is 0.512. The first kappa shape index (κ1) is 18.0. The van der Waals surface area contributed by atoms with Crippen molar-refractivity contribution < 1.29 is 0 Å². The van der Waals surface area contributed by atoms with Crippen molar-refractivity contribution in [1.29, 1.82) is 0 Å². The van der Waals surface area contributed by atoms with Crippen LogP contribution in [0.4, 0.5) is 0 Å². The third-order valence-electron chi connectivity index (χ3n) is 6.04. The number of guanidine groups is 1. The standard InChI is InChI=1S/C21H30N6/c1-22-21(25-17-13-18-7-4-8-19(14-17)26(18)2)23-15-16-6-3-9-20(12-16)27-11-5-10-24-27/h3,5-6,9-12,17-19H,4,7-8,13-15H2,1-2H3,(H2,22,23,25). The second kappa shape index (κ2) is 8.13. The molecule has 27 heavy (non-hydrogen) atoms. The Morgan fingerprint density at radius 1 is 1.22 bits per heavy atom. The van der Waals surface area contributed by atoms with E-state index in [0.29, 0.717) is 6.04 Å². The molecule has 0 saturated carbocycles. The van der Waals surface area contributed by atoms with Crippen LogP contribution in [0.5, 0.6) is 0 Å². The summed E-state index contributed by atoms with van der Waals surface area (Å²) in [7, 11) is 4.15. The van der Waals surface area contributed by atoms with Crippen LogP contribution in [-0.2, 0) is 6.54 Å². The molecule has 2 aliphatic heterocycles. The lowest BCUT2D eigenvalue weighted by Gasteiger charge is -2.47. The highest BCUT2D eigenvalue weighted by Gasteiger charge is 2.36. The molecule has 1 aromatic heterocycles. The summed E-state index contributed by atoms with van der Waals surface area (Å²) < 4.78 is 1.88. The van der Waals surface area contributed by atoms with Gasteiger partial charge in [-0.3, -0.25) is 4.99 Å². The van der Waals surface area contributed by atoms with Gasteiger partial charge in [0.1, 0.15) is 0 Å². The first-order valence-corrected chi connectivity index (χ1v) is 10.0. The van der Waals surface area contributed by atoms with Gasteiger partial charge in [0.2, 0.25) is 0 Å². The smallest absolute Gasteiger partial charge is 0.191 e. The molecule has 3 heterocycles. The van der Waals surface area contributed by atoms with Crippen molar-refractivity contribution in [1.82, 2.24) is 25.3 Å². The molecule has 2 bridgehead atoms. The van der Waals surface area contributed by atoms with Gasteiger partial charge >= 0.3 is 0 Å². The van der Waals surface area contributed by atoms with Crippen molar-refractivity contribution in [2.75, 3.05) is 14.1 Å². The zero-order valence-electron chi connectivity index (χ0n) is 16.3. The molecular weight excluding hydrogens is 336 g/mol. The fraction of sp³-hybridized carbons (Fsp3) is 0.524. The highest BCUT2D eigenvalue weighted by atomic mass is 15.3. The summed E-state index contributed by atoms with van der Waals surface area (Å²) in [6, 6.07) is 12.3. The van der Waals surface area contributed by atoms with Crippen molar-refractivity contribution in [2.24, 2.45) is 4.99 Å². The fourth-order valence-corrected chi connectivity index (χ4v) is 4.54. The molecule has 2 N–H and O–H groups in total. The van der Waals surface area contributed by atoms with Crippen LogP contribution in [0.3, 0.4) is 0 Å². The van der Waals surface area contributed by atoms with E-state index in [1.165, 1.54) is 37.7 Å². The molecule has 0 aliphatic carbocycles. The van der Waals surface area contributed by atoms with Crippen LogP contribution in [-0.4, -0.2) is 52.9 Å². The van der Waals surface area contributed by atoms with Crippen molar-refractivity contribution in [2.45, 2.75) is 56.8 Å². The number of aliphatic imine (C=N–C) groups is 1. The Morgan fingerprint density at radius 3 is 2.74 bits per heavy atom. The van der Waals surface area contributed by atoms with Gasteiger partial charge in [-0.2, -0.15) is 5.10 Å². The summed E-state index contributed by atoms with van der Waals surface area (Å²) in [5.74, 6) is 0.895. The van der Waals surface area contributed by atoms with Crippen LogP contribution < -0.4 is 10.6 Å². The van der Waals surface area contributed by atoms with Gasteiger partial charge in [0.05, 0.1) is 5.69 Å². The Morgan fingerprint density at radius 2 is 2.04 bits per heavy atom. The lowest BCUT2D eigenvalue weighted by Crippen LogP contribution is -2.56. The zero-order valence-corrected chi connectivity index (χ0v) is 16.3. The monoisotopic (exact) mass is 366 g/mol. The number of hydrogen-bond donors (Lipinski definition) is 2. The number of aromatic nitrogens is 2. The second-order valence-corrected chi connectivity index (χ2v) is 7.76. The summed E-state index contributed by atoms with van der Waals surface area (Å²) in [6.07, 6.45) is 10.2. The van der Waals surface area contributed by atoms with Gasteiger partial charge in [-0.05, 0) is 56.5 Å². The van der Waals surface area contributed by atoms with Crippen LogP contribution in [0.25, 0.3) is 5.69 Å². The third kappa shape index (κ3) is 4.16. The van der Waals surface area contributed by atoms with E-state index in [0.717, 1.165) is 30.3 Å². The largest absolute Gasteiger partial charge is 0.354 e. The first-order chi connectivity index (χ1) is 13.2. The average molecular weight is 367 g/mol. The van der Waals surface area contributed by atoms with Crippen molar-refractivity contribution in [3.8, 4) is 5.69 Å². The zero-order chi connectivity index (χ0) is 18.6. The SMILES string of the molecule is CN=C(NCc1cccc(-n2cccn2)c1)NC1CC2CCCC(C1)N2C. The Hall–Kier alpha value is -2.34. The van der Waals surface area contributed by atoms with Gasteiger partial charge in [0.15, 0.2) is 5.96 Å². The minimum Gasteiger partial charge on any atom is -0.354 e.